The number of nitrogens with one attached hydrogen (secondary N) is 4. The number of rotatable bonds is 10. The van der Waals surface area contributed by atoms with Gasteiger partial charge in [-0.15, -0.1) is 0 Å². The minimum absolute atomic E-state index is 0.143. The first-order chi connectivity index (χ1) is 21.0. The zero-order valence-electron chi connectivity index (χ0n) is 24.1. The van der Waals surface area contributed by atoms with Crippen LogP contribution in [0.15, 0.2) is 54.9 Å². The van der Waals surface area contributed by atoms with Gasteiger partial charge in [-0.3, -0.25) is 24.7 Å². The van der Waals surface area contributed by atoms with Crippen molar-refractivity contribution in [3.05, 3.63) is 71.7 Å². The van der Waals surface area contributed by atoms with E-state index in [1.54, 1.807) is 11.1 Å². The van der Waals surface area contributed by atoms with Crippen LogP contribution >= 0.6 is 0 Å². The van der Waals surface area contributed by atoms with Crippen LogP contribution < -0.4 is 16.0 Å². The fourth-order valence-corrected chi connectivity index (χ4v) is 6.59. The smallest absolute Gasteiger partial charge is 0.255 e. The van der Waals surface area contributed by atoms with E-state index in [2.05, 4.69) is 25.9 Å². The van der Waals surface area contributed by atoms with Crippen molar-refractivity contribution < 1.29 is 14.4 Å². The van der Waals surface area contributed by atoms with Crippen molar-refractivity contribution in [3.63, 3.8) is 0 Å². The van der Waals surface area contributed by atoms with E-state index in [1.807, 2.05) is 48.7 Å². The van der Waals surface area contributed by atoms with Gasteiger partial charge in [-0.25, -0.2) is 4.98 Å². The lowest BCUT2D eigenvalue weighted by atomic mass is 9.83. The van der Waals surface area contributed by atoms with Gasteiger partial charge >= 0.3 is 0 Å². The third-order valence-corrected chi connectivity index (χ3v) is 8.82. The largest absolute Gasteiger partial charge is 0.390 e. The third kappa shape index (κ3) is 6.28. The molecule has 3 atom stereocenters. The van der Waals surface area contributed by atoms with Crippen molar-refractivity contribution >= 4 is 46.2 Å². The first kappa shape index (κ1) is 28.5. The predicted octanol–water partition coefficient (Wildman–Crippen LogP) is 4.42. The Morgan fingerprint density at radius 2 is 1.93 bits per heavy atom. The molecule has 3 amide bonds. The highest BCUT2D eigenvalue weighted by molar-refractivity contribution is 6.08. The number of fused-ring (bicyclic) bond motifs is 2. The molecule has 10 nitrogen and oxygen atoms in total. The zero-order valence-corrected chi connectivity index (χ0v) is 24.1. The molecule has 3 heterocycles. The molecule has 0 radical (unpaired) electrons. The lowest BCUT2D eigenvalue weighted by Gasteiger charge is -2.31. The molecule has 2 aliphatic heterocycles. The van der Waals surface area contributed by atoms with Crippen molar-refractivity contribution in [2.45, 2.75) is 70.0 Å². The van der Waals surface area contributed by atoms with Crippen molar-refractivity contribution in [2.75, 3.05) is 11.9 Å². The standard InChI is InChI=1S/C33H37N7O3/c34-17-22(29-19-36-27-10-1-2-11-28(27)38-29)18-35-15-5-7-21-6-3-8-23(16-21)37-26-12-4-9-24-25(26)20-40(33(24)43)30-13-14-31(41)39-32(30)42/h1-2,4,9-12,17-19,21,23,30,34-35,37H,3,5-8,13-16,20H2,(H,39,41,42)/b22-18+,34-17?. The first-order valence-corrected chi connectivity index (χ1v) is 15.2. The van der Waals surface area contributed by atoms with E-state index in [1.165, 1.54) is 12.6 Å². The van der Waals surface area contributed by atoms with Gasteiger partial charge in [-0.2, -0.15) is 0 Å². The Hall–Kier alpha value is -4.60. The van der Waals surface area contributed by atoms with Gasteiger partial charge in [0.2, 0.25) is 11.8 Å². The third-order valence-electron chi connectivity index (χ3n) is 8.82. The van der Waals surface area contributed by atoms with Crippen LogP contribution in [0.1, 0.15) is 73.0 Å². The van der Waals surface area contributed by atoms with Gasteiger partial charge in [-0.1, -0.05) is 31.0 Å². The number of piperidine rings is 1. The number of para-hydroxylation sites is 2. The molecule has 43 heavy (non-hydrogen) atoms. The molecule has 222 valence electrons. The Bertz CT molecular complexity index is 1590. The fourth-order valence-electron chi connectivity index (χ4n) is 6.59. The van der Waals surface area contributed by atoms with Crippen molar-refractivity contribution in [2.24, 2.45) is 5.92 Å². The summed E-state index contributed by atoms with van der Waals surface area (Å²) in [5.74, 6) is -0.193. The van der Waals surface area contributed by atoms with Crippen LogP contribution in [0.25, 0.3) is 16.6 Å². The summed E-state index contributed by atoms with van der Waals surface area (Å²) in [5.41, 5.74) is 5.57. The summed E-state index contributed by atoms with van der Waals surface area (Å²) >= 11 is 0. The molecule has 0 bridgehead atoms. The number of benzene rings is 2. The maximum absolute atomic E-state index is 13.2. The summed E-state index contributed by atoms with van der Waals surface area (Å²) in [7, 11) is 0. The number of carbonyl (C=O) groups excluding carboxylic acids is 3. The predicted molar refractivity (Wildman–Crippen MR) is 165 cm³/mol. The summed E-state index contributed by atoms with van der Waals surface area (Å²) in [5, 5.41) is 17.3. The number of nitrogens with zero attached hydrogens (tertiary/aromatic N) is 3. The van der Waals surface area contributed by atoms with E-state index in [9.17, 15) is 14.4 Å². The lowest BCUT2D eigenvalue weighted by Crippen LogP contribution is -2.52. The quantitative estimate of drug-likeness (QED) is 0.158. The second kappa shape index (κ2) is 12.7. The van der Waals surface area contributed by atoms with Gasteiger partial charge in [0.1, 0.15) is 6.04 Å². The topological polar surface area (TPSA) is 140 Å². The summed E-state index contributed by atoms with van der Waals surface area (Å²) in [6, 6.07) is 13.2. The van der Waals surface area contributed by atoms with Gasteiger partial charge in [0.15, 0.2) is 0 Å². The molecule has 1 aromatic heterocycles. The number of hydrogen-bond acceptors (Lipinski definition) is 8. The van der Waals surface area contributed by atoms with Crippen molar-refractivity contribution in [3.8, 4) is 0 Å². The minimum Gasteiger partial charge on any atom is -0.390 e. The van der Waals surface area contributed by atoms with Crippen LogP contribution in [0, 0.1) is 11.3 Å². The van der Waals surface area contributed by atoms with Crippen LogP contribution in [-0.2, 0) is 16.1 Å². The Morgan fingerprint density at radius 1 is 1.07 bits per heavy atom. The average molecular weight is 580 g/mol. The number of imide groups is 1. The molecule has 4 N–H and O–H groups in total. The van der Waals surface area contributed by atoms with E-state index in [4.69, 9.17) is 5.41 Å². The maximum atomic E-state index is 13.2. The van der Waals surface area contributed by atoms with Crippen molar-refractivity contribution in [1.29, 1.82) is 5.41 Å². The molecular formula is C33H37N7O3. The first-order valence-electron chi connectivity index (χ1n) is 15.2. The molecule has 1 aliphatic carbocycles. The van der Waals surface area contributed by atoms with Gasteiger partial charge in [0.05, 0.1) is 22.9 Å². The molecule has 1 saturated heterocycles. The normalized spacial score (nSPS) is 22.3. The number of allylic oxidation sites excluding steroid dienone is 1. The average Bonchev–Trinajstić information content (AvgIpc) is 3.35. The molecule has 2 aromatic carbocycles. The fraction of sp³-hybridized carbons (Fsp3) is 0.394. The summed E-state index contributed by atoms with van der Waals surface area (Å²) < 4.78 is 0. The van der Waals surface area contributed by atoms with Gasteiger partial charge in [0.25, 0.3) is 5.91 Å². The Morgan fingerprint density at radius 3 is 2.77 bits per heavy atom. The SMILES string of the molecule is N=C/C(=C\NCCCC1CCCC(Nc2cccc3c2CN(C2CCC(=O)NC2=O)C3=O)C1)c1cnc2ccccc2n1. The molecule has 3 aromatic rings. The second-order valence-electron chi connectivity index (χ2n) is 11.7. The van der Waals surface area contributed by atoms with Gasteiger partial charge in [-0.05, 0) is 62.3 Å². The van der Waals surface area contributed by atoms with Crippen LogP contribution in [-0.4, -0.2) is 57.4 Å². The zero-order chi connectivity index (χ0) is 29.8. The van der Waals surface area contributed by atoms with Crippen LogP contribution in [0.4, 0.5) is 5.69 Å². The van der Waals surface area contributed by atoms with E-state index in [0.717, 1.165) is 60.9 Å². The van der Waals surface area contributed by atoms with E-state index < -0.39 is 6.04 Å². The Balaban J connectivity index is 1.01. The molecule has 0 spiro atoms. The molecule has 2 fully saturated rings. The minimum atomic E-state index is -0.608. The number of anilines is 1. The van der Waals surface area contributed by atoms with Crippen LogP contribution in [0.2, 0.25) is 0 Å². The number of hydrogen-bond donors (Lipinski definition) is 4. The summed E-state index contributed by atoms with van der Waals surface area (Å²) in [6.45, 7) is 1.19. The Labute approximate surface area is 250 Å². The van der Waals surface area contributed by atoms with Crippen LogP contribution in [0.5, 0.6) is 0 Å². The molecular weight excluding hydrogens is 542 g/mol. The number of amides is 3. The van der Waals surface area contributed by atoms with Gasteiger partial charge in [0, 0.05) is 60.4 Å². The summed E-state index contributed by atoms with van der Waals surface area (Å²) in [4.78, 5) is 47.9. The Kier molecular flexibility index (Phi) is 8.44. The van der Waals surface area contributed by atoms with Gasteiger partial charge < -0.3 is 20.9 Å². The number of carbonyl (C=O) groups is 3. The molecule has 3 aliphatic rings. The maximum Gasteiger partial charge on any atom is 0.255 e. The monoisotopic (exact) mass is 579 g/mol. The highest BCUT2D eigenvalue weighted by Gasteiger charge is 2.40. The molecule has 6 rings (SSSR count). The highest BCUT2D eigenvalue weighted by Crippen LogP contribution is 2.35. The lowest BCUT2D eigenvalue weighted by molar-refractivity contribution is -0.136. The van der Waals surface area contributed by atoms with Crippen LogP contribution in [0.3, 0.4) is 0 Å². The second-order valence-corrected chi connectivity index (χ2v) is 11.7. The van der Waals surface area contributed by atoms with E-state index >= 15 is 0 Å². The molecule has 10 heteroatoms. The highest BCUT2D eigenvalue weighted by atomic mass is 16.2. The van der Waals surface area contributed by atoms with Crippen molar-refractivity contribution in [1.82, 2.24) is 25.5 Å². The number of aromatic nitrogens is 2. The van der Waals surface area contributed by atoms with E-state index in [0.29, 0.717) is 41.8 Å². The summed E-state index contributed by atoms with van der Waals surface area (Å²) in [6.07, 6.45) is 12.1. The molecule has 3 unspecified atom stereocenters. The molecule has 1 saturated carbocycles. The van der Waals surface area contributed by atoms with E-state index in [-0.39, 0.29) is 24.1 Å².